The van der Waals surface area contributed by atoms with Gasteiger partial charge in [0.05, 0.1) is 17.4 Å². The Bertz CT molecular complexity index is 363. The molecule has 1 atom stereocenters. The van der Waals surface area contributed by atoms with E-state index in [1.807, 2.05) is 12.4 Å². The number of nitrogens with zero attached hydrogens (tertiary/aromatic N) is 2. The molecule has 0 spiro atoms. The van der Waals surface area contributed by atoms with Gasteiger partial charge in [0, 0.05) is 25.1 Å². The van der Waals surface area contributed by atoms with Crippen molar-refractivity contribution in [2.45, 2.75) is 18.9 Å². The largest absolute Gasteiger partial charge is 0.366 e. The van der Waals surface area contributed by atoms with Gasteiger partial charge in [0.25, 0.3) is 0 Å². The van der Waals surface area contributed by atoms with Crippen molar-refractivity contribution < 1.29 is 0 Å². The lowest BCUT2D eigenvalue weighted by Gasteiger charge is -2.24. The summed E-state index contributed by atoms with van der Waals surface area (Å²) in [6, 6.07) is 4.65. The summed E-state index contributed by atoms with van der Waals surface area (Å²) < 4.78 is 0. The molecule has 1 aliphatic rings. The molecule has 0 radical (unpaired) electrons. The summed E-state index contributed by atoms with van der Waals surface area (Å²) >= 11 is 0. The van der Waals surface area contributed by atoms with Crippen LogP contribution in [0.3, 0.4) is 0 Å². The Labute approximate surface area is 88.3 Å². The lowest BCUT2D eigenvalue weighted by atomic mass is 10.1. The van der Waals surface area contributed by atoms with E-state index in [9.17, 15) is 0 Å². The van der Waals surface area contributed by atoms with Gasteiger partial charge in [0.15, 0.2) is 0 Å². The Morgan fingerprint density at radius 3 is 3.13 bits per heavy atom. The van der Waals surface area contributed by atoms with Gasteiger partial charge in [0.1, 0.15) is 0 Å². The molecule has 3 heterocycles. The van der Waals surface area contributed by atoms with Gasteiger partial charge in [-0.15, -0.1) is 0 Å². The van der Waals surface area contributed by atoms with Crippen molar-refractivity contribution in [1.82, 2.24) is 15.2 Å². The highest BCUT2D eigenvalue weighted by molar-refractivity contribution is 5.47. The summed E-state index contributed by atoms with van der Waals surface area (Å²) in [5.41, 5.74) is 2.49. The van der Waals surface area contributed by atoms with Crippen molar-refractivity contribution in [3.63, 3.8) is 0 Å². The maximum Gasteiger partial charge on any atom is 0.0709 e. The zero-order valence-electron chi connectivity index (χ0n) is 8.48. The van der Waals surface area contributed by atoms with Crippen molar-refractivity contribution in [2.75, 3.05) is 11.4 Å². The number of rotatable bonds is 2. The van der Waals surface area contributed by atoms with Crippen LogP contribution in [-0.4, -0.2) is 21.7 Å². The Kier molecular flexibility index (Phi) is 1.98. The molecule has 2 aromatic heterocycles. The topological polar surface area (TPSA) is 47.7 Å². The van der Waals surface area contributed by atoms with Crippen LogP contribution >= 0.6 is 0 Å². The minimum Gasteiger partial charge on any atom is -0.366 e. The number of hydrogen-bond donors (Lipinski definition) is 2. The van der Waals surface area contributed by atoms with Crippen LogP contribution in [0.15, 0.2) is 30.7 Å². The van der Waals surface area contributed by atoms with E-state index in [4.69, 9.17) is 0 Å². The predicted molar refractivity (Wildman–Crippen MR) is 58.7 cm³/mol. The third kappa shape index (κ3) is 1.42. The van der Waals surface area contributed by atoms with Gasteiger partial charge in [-0.3, -0.25) is 5.10 Å². The number of hydrogen-bond acceptors (Lipinski definition) is 2. The van der Waals surface area contributed by atoms with E-state index in [1.165, 1.54) is 24.2 Å². The molecule has 1 aliphatic heterocycles. The van der Waals surface area contributed by atoms with Crippen LogP contribution in [-0.2, 0) is 0 Å². The number of aromatic amines is 2. The van der Waals surface area contributed by atoms with Gasteiger partial charge in [-0.2, -0.15) is 5.10 Å². The zero-order valence-corrected chi connectivity index (χ0v) is 8.48. The monoisotopic (exact) mass is 202 g/mol. The third-order valence-electron chi connectivity index (χ3n) is 3.05. The normalized spacial score (nSPS) is 21.1. The number of H-pyrrole nitrogens is 2. The first-order valence-electron chi connectivity index (χ1n) is 5.34. The van der Waals surface area contributed by atoms with Crippen LogP contribution in [0.2, 0.25) is 0 Å². The standard InChI is InChI=1S/C11H14N4/c1-2-11(10-4-6-13-14-10)15(7-1)9-3-5-12-8-9/h3-6,8,11-12H,1-2,7H2,(H,13,14). The number of nitrogens with one attached hydrogen (secondary N) is 2. The van der Waals surface area contributed by atoms with E-state index in [1.54, 1.807) is 0 Å². The highest BCUT2D eigenvalue weighted by atomic mass is 15.2. The highest BCUT2D eigenvalue weighted by Gasteiger charge is 2.27. The van der Waals surface area contributed by atoms with Gasteiger partial charge < -0.3 is 9.88 Å². The SMILES string of the molecule is c1cc(C2CCCN2c2cc[nH]c2)[nH]n1. The minimum absolute atomic E-state index is 0.461. The molecule has 4 nitrogen and oxygen atoms in total. The molecule has 3 rings (SSSR count). The minimum atomic E-state index is 0.461. The van der Waals surface area contributed by atoms with Gasteiger partial charge in [0.2, 0.25) is 0 Å². The van der Waals surface area contributed by atoms with E-state index in [-0.39, 0.29) is 0 Å². The second kappa shape index (κ2) is 3.46. The molecule has 15 heavy (non-hydrogen) atoms. The Balaban J connectivity index is 1.90. The van der Waals surface area contributed by atoms with Crippen LogP contribution in [0, 0.1) is 0 Å². The molecule has 1 unspecified atom stereocenters. The summed E-state index contributed by atoms with van der Waals surface area (Å²) in [4.78, 5) is 5.53. The first-order chi connectivity index (χ1) is 7.45. The molecule has 1 saturated heterocycles. The van der Waals surface area contributed by atoms with Crippen molar-refractivity contribution >= 4 is 5.69 Å². The molecule has 0 aromatic carbocycles. The first-order valence-corrected chi connectivity index (χ1v) is 5.34. The smallest absolute Gasteiger partial charge is 0.0709 e. The first kappa shape index (κ1) is 8.59. The van der Waals surface area contributed by atoms with Gasteiger partial charge >= 0.3 is 0 Å². The molecular weight excluding hydrogens is 188 g/mol. The molecule has 2 aromatic rings. The van der Waals surface area contributed by atoms with E-state index in [0.717, 1.165) is 6.54 Å². The second-order valence-electron chi connectivity index (χ2n) is 3.93. The zero-order chi connectivity index (χ0) is 10.1. The predicted octanol–water partition coefficient (Wildman–Crippen LogP) is 2.08. The van der Waals surface area contributed by atoms with Crippen LogP contribution in [0.25, 0.3) is 0 Å². The summed E-state index contributed by atoms with van der Waals surface area (Å²) in [6.07, 6.45) is 8.29. The summed E-state index contributed by atoms with van der Waals surface area (Å²) in [5, 5.41) is 7.09. The lowest BCUT2D eigenvalue weighted by Crippen LogP contribution is -2.22. The fourth-order valence-electron chi connectivity index (χ4n) is 2.35. The van der Waals surface area contributed by atoms with Crippen molar-refractivity contribution in [2.24, 2.45) is 0 Å². The van der Waals surface area contributed by atoms with E-state index >= 15 is 0 Å². The maximum atomic E-state index is 4.02. The number of aromatic nitrogens is 3. The summed E-state index contributed by atoms with van der Waals surface area (Å²) in [7, 11) is 0. The van der Waals surface area contributed by atoms with Crippen LogP contribution in [0.5, 0.6) is 0 Å². The molecule has 0 bridgehead atoms. The highest BCUT2D eigenvalue weighted by Crippen LogP contribution is 2.34. The fourth-order valence-corrected chi connectivity index (χ4v) is 2.35. The second-order valence-corrected chi connectivity index (χ2v) is 3.93. The molecule has 0 aliphatic carbocycles. The average molecular weight is 202 g/mol. The molecule has 0 amide bonds. The van der Waals surface area contributed by atoms with Gasteiger partial charge in [-0.05, 0) is 25.0 Å². The molecule has 78 valence electrons. The lowest BCUT2D eigenvalue weighted by molar-refractivity contribution is 0.690. The molecule has 4 heteroatoms. The number of anilines is 1. The summed E-state index contributed by atoms with van der Waals surface area (Å²) in [6.45, 7) is 1.13. The van der Waals surface area contributed by atoms with Gasteiger partial charge in [-0.1, -0.05) is 0 Å². The van der Waals surface area contributed by atoms with Crippen molar-refractivity contribution in [1.29, 1.82) is 0 Å². The quantitative estimate of drug-likeness (QED) is 0.783. The van der Waals surface area contributed by atoms with E-state index in [0.29, 0.717) is 6.04 Å². The van der Waals surface area contributed by atoms with Crippen molar-refractivity contribution in [3.8, 4) is 0 Å². The van der Waals surface area contributed by atoms with Crippen LogP contribution in [0.1, 0.15) is 24.6 Å². The maximum absolute atomic E-state index is 4.02. The molecular formula is C11H14N4. The molecule has 2 N–H and O–H groups in total. The molecule has 1 fully saturated rings. The Hall–Kier alpha value is -1.71. The van der Waals surface area contributed by atoms with Crippen molar-refractivity contribution in [3.05, 3.63) is 36.4 Å². The van der Waals surface area contributed by atoms with Gasteiger partial charge in [-0.25, -0.2) is 0 Å². The van der Waals surface area contributed by atoms with E-state index in [2.05, 4.69) is 38.4 Å². The average Bonchev–Trinajstić information content (AvgIpc) is 3.01. The third-order valence-corrected chi connectivity index (χ3v) is 3.05. The summed E-state index contributed by atoms with van der Waals surface area (Å²) in [5.74, 6) is 0. The Morgan fingerprint density at radius 1 is 1.40 bits per heavy atom. The van der Waals surface area contributed by atoms with Crippen LogP contribution in [0.4, 0.5) is 5.69 Å². The fraction of sp³-hybridized carbons (Fsp3) is 0.364. The van der Waals surface area contributed by atoms with E-state index < -0.39 is 0 Å². The van der Waals surface area contributed by atoms with Crippen LogP contribution < -0.4 is 4.90 Å². The molecule has 0 saturated carbocycles. The Morgan fingerprint density at radius 2 is 2.40 bits per heavy atom.